The molecule has 0 fully saturated rings. The molecule has 0 atom stereocenters. The molecule has 0 radical (unpaired) electrons. The quantitative estimate of drug-likeness (QED) is 0.862. The van der Waals surface area contributed by atoms with Crippen LogP contribution >= 0.6 is 31.9 Å². The van der Waals surface area contributed by atoms with Gasteiger partial charge in [0.15, 0.2) is 0 Å². The van der Waals surface area contributed by atoms with E-state index < -0.39 is 0 Å². The van der Waals surface area contributed by atoms with E-state index in [0.717, 1.165) is 8.95 Å². The summed E-state index contributed by atoms with van der Waals surface area (Å²) >= 11 is 6.80. The molecule has 1 heterocycles. The van der Waals surface area contributed by atoms with Gasteiger partial charge < -0.3 is 14.6 Å². The Balaban J connectivity index is 2.36. The minimum Gasteiger partial charge on any atom is -0.496 e. The van der Waals surface area contributed by atoms with Gasteiger partial charge in [-0.3, -0.25) is 0 Å². The largest absolute Gasteiger partial charge is 0.496 e. The number of hydrogen-bond acceptors (Lipinski definition) is 4. The number of aliphatic hydroxyl groups is 1. The van der Waals surface area contributed by atoms with Crippen LogP contribution in [0.3, 0.4) is 0 Å². The molecule has 0 aliphatic heterocycles. The summed E-state index contributed by atoms with van der Waals surface area (Å²) in [5.41, 5.74) is 0.626. The monoisotopic (exact) mass is 387 g/mol. The Bertz CT molecular complexity index is 590. The van der Waals surface area contributed by atoms with Crippen molar-refractivity contribution < 1.29 is 14.6 Å². The average Bonchev–Trinajstić information content (AvgIpc) is 2.43. The fourth-order valence-electron chi connectivity index (χ4n) is 1.49. The normalized spacial score (nSPS) is 10.3. The summed E-state index contributed by atoms with van der Waals surface area (Å²) < 4.78 is 12.4. The molecular weight excluding hydrogens is 378 g/mol. The minimum atomic E-state index is -0.127. The molecule has 6 heteroatoms. The standard InChI is InChI=1S/C13H11Br2NO3/c1-18-11-5-10(15)12(6-9(11)14)19-13-8(7-17)3-2-4-16-13/h2-6,17H,7H2,1H3. The second-order valence-electron chi connectivity index (χ2n) is 3.65. The molecule has 4 nitrogen and oxygen atoms in total. The molecule has 2 rings (SSSR count). The predicted molar refractivity (Wildman–Crippen MR) is 78.6 cm³/mol. The minimum absolute atomic E-state index is 0.127. The van der Waals surface area contributed by atoms with Gasteiger partial charge in [0.1, 0.15) is 11.5 Å². The van der Waals surface area contributed by atoms with Crippen molar-refractivity contribution in [3.05, 3.63) is 45.0 Å². The number of ether oxygens (including phenoxy) is 2. The number of methoxy groups -OCH3 is 1. The Morgan fingerprint density at radius 3 is 2.58 bits per heavy atom. The number of aliphatic hydroxyl groups excluding tert-OH is 1. The number of pyridine rings is 1. The zero-order chi connectivity index (χ0) is 13.8. The molecule has 0 saturated heterocycles. The number of halogens is 2. The van der Waals surface area contributed by atoms with Crippen LogP contribution in [0.25, 0.3) is 0 Å². The molecule has 0 saturated carbocycles. The number of benzene rings is 1. The van der Waals surface area contributed by atoms with Gasteiger partial charge >= 0.3 is 0 Å². The molecule has 19 heavy (non-hydrogen) atoms. The van der Waals surface area contributed by atoms with E-state index in [1.165, 1.54) is 0 Å². The van der Waals surface area contributed by atoms with E-state index in [-0.39, 0.29) is 6.61 Å². The maximum Gasteiger partial charge on any atom is 0.224 e. The van der Waals surface area contributed by atoms with Gasteiger partial charge in [-0.15, -0.1) is 0 Å². The second kappa shape index (κ2) is 6.36. The summed E-state index contributed by atoms with van der Waals surface area (Å²) in [4.78, 5) is 4.11. The van der Waals surface area contributed by atoms with E-state index >= 15 is 0 Å². The summed E-state index contributed by atoms with van der Waals surface area (Å²) in [6.45, 7) is -0.127. The van der Waals surface area contributed by atoms with E-state index in [2.05, 4.69) is 36.8 Å². The Kier molecular flexibility index (Phi) is 4.79. The predicted octanol–water partition coefficient (Wildman–Crippen LogP) is 3.90. The molecule has 1 aromatic heterocycles. The summed E-state index contributed by atoms with van der Waals surface area (Å²) in [5.74, 6) is 1.66. The first kappa shape index (κ1) is 14.3. The van der Waals surface area contributed by atoms with Crippen LogP contribution in [0.5, 0.6) is 17.4 Å². The molecule has 100 valence electrons. The highest BCUT2D eigenvalue weighted by Gasteiger charge is 2.11. The van der Waals surface area contributed by atoms with Crippen molar-refractivity contribution in [3.63, 3.8) is 0 Å². The van der Waals surface area contributed by atoms with E-state index in [0.29, 0.717) is 22.9 Å². The van der Waals surface area contributed by atoms with Crippen LogP contribution in [0.15, 0.2) is 39.4 Å². The van der Waals surface area contributed by atoms with Crippen molar-refractivity contribution in [2.24, 2.45) is 0 Å². The van der Waals surface area contributed by atoms with Crippen molar-refractivity contribution in [3.8, 4) is 17.4 Å². The molecule has 2 aromatic rings. The lowest BCUT2D eigenvalue weighted by Crippen LogP contribution is -1.95. The Morgan fingerprint density at radius 2 is 1.89 bits per heavy atom. The van der Waals surface area contributed by atoms with Crippen LogP contribution in [0, 0.1) is 0 Å². The van der Waals surface area contributed by atoms with Gasteiger partial charge in [0, 0.05) is 11.8 Å². The van der Waals surface area contributed by atoms with E-state index in [4.69, 9.17) is 9.47 Å². The molecular formula is C13H11Br2NO3. The topological polar surface area (TPSA) is 51.6 Å². The average molecular weight is 389 g/mol. The lowest BCUT2D eigenvalue weighted by molar-refractivity contribution is 0.275. The number of nitrogens with zero attached hydrogens (tertiary/aromatic N) is 1. The zero-order valence-corrected chi connectivity index (χ0v) is 13.2. The smallest absolute Gasteiger partial charge is 0.224 e. The number of rotatable bonds is 4. The molecule has 0 bridgehead atoms. The first-order valence-corrected chi connectivity index (χ1v) is 7.00. The second-order valence-corrected chi connectivity index (χ2v) is 5.35. The van der Waals surface area contributed by atoms with Crippen LogP contribution in [0.4, 0.5) is 0 Å². The maximum atomic E-state index is 9.24. The van der Waals surface area contributed by atoms with Crippen LogP contribution in [0.2, 0.25) is 0 Å². The fourth-order valence-corrected chi connectivity index (χ4v) is 2.37. The summed E-state index contributed by atoms with van der Waals surface area (Å²) in [5, 5.41) is 9.24. The Morgan fingerprint density at radius 1 is 1.21 bits per heavy atom. The van der Waals surface area contributed by atoms with Crippen LogP contribution in [-0.4, -0.2) is 17.2 Å². The Labute approximate surface area is 127 Å². The third-order valence-corrected chi connectivity index (χ3v) is 3.67. The molecule has 0 spiro atoms. The SMILES string of the molecule is COc1cc(Br)c(Oc2ncccc2CO)cc1Br. The maximum absolute atomic E-state index is 9.24. The van der Waals surface area contributed by atoms with E-state index in [1.54, 1.807) is 37.6 Å². The van der Waals surface area contributed by atoms with Gasteiger partial charge in [-0.05, 0) is 56.1 Å². The van der Waals surface area contributed by atoms with Crippen molar-refractivity contribution in [1.82, 2.24) is 4.98 Å². The highest BCUT2D eigenvalue weighted by molar-refractivity contribution is 9.11. The van der Waals surface area contributed by atoms with E-state index in [9.17, 15) is 5.11 Å². The molecule has 0 aliphatic carbocycles. The highest BCUT2D eigenvalue weighted by Crippen LogP contribution is 2.38. The molecule has 0 aliphatic rings. The highest BCUT2D eigenvalue weighted by atomic mass is 79.9. The van der Waals surface area contributed by atoms with Gasteiger partial charge in [-0.25, -0.2) is 4.98 Å². The summed E-state index contributed by atoms with van der Waals surface area (Å²) in [7, 11) is 1.59. The van der Waals surface area contributed by atoms with Crippen molar-refractivity contribution >= 4 is 31.9 Å². The van der Waals surface area contributed by atoms with Crippen molar-refractivity contribution in [1.29, 1.82) is 0 Å². The molecule has 0 amide bonds. The van der Waals surface area contributed by atoms with Gasteiger partial charge in [-0.1, -0.05) is 0 Å². The molecule has 1 aromatic carbocycles. The van der Waals surface area contributed by atoms with Crippen LogP contribution in [0.1, 0.15) is 5.56 Å². The fraction of sp³-hybridized carbons (Fsp3) is 0.154. The van der Waals surface area contributed by atoms with Gasteiger partial charge in [0.25, 0.3) is 0 Å². The van der Waals surface area contributed by atoms with Crippen LogP contribution < -0.4 is 9.47 Å². The Hall–Kier alpha value is -1.11. The first-order valence-electron chi connectivity index (χ1n) is 5.41. The first-order chi connectivity index (χ1) is 9.15. The molecule has 1 N–H and O–H groups in total. The van der Waals surface area contributed by atoms with Gasteiger partial charge in [-0.2, -0.15) is 0 Å². The lowest BCUT2D eigenvalue weighted by Gasteiger charge is -2.12. The third-order valence-electron chi connectivity index (χ3n) is 2.43. The number of hydrogen-bond donors (Lipinski definition) is 1. The zero-order valence-electron chi connectivity index (χ0n) is 10.1. The summed E-state index contributed by atoms with van der Waals surface area (Å²) in [6, 6.07) is 7.08. The van der Waals surface area contributed by atoms with Crippen molar-refractivity contribution in [2.45, 2.75) is 6.61 Å². The third kappa shape index (κ3) is 3.26. The van der Waals surface area contributed by atoms with E-state index in [1.807, 2.05) is 0 Å². The summed E-state index contributed by atoms with van der Waals surface area (Å²) in [6.07, 6.45) is 1.61. The molecule has 0 unspecified atom stereocenters. The van der Waals surface area contributed by atoms with Crippen molar-refractivity contribution in [2.75, 3.05) is 7.11 Å². The lowest BCUT2D eigenvalue weighted by atomic mass is 10.3. The number of aromatic nitrogens is 1. The van der Waals surface area contributed by atoms with Gasteiger partial charge in [0.2, 0.25) is 5.88 Å². The van der Waals surface area contributed by atoms with Crippen LogP contribution in [-0.2, 0) is 6.61 Å². The van der Waals surface area contributed by atoms with Gasteiger partial charge in [0.05, 0.1) is 22.7 Å².